The molecule has 0 aromatic carbocycles. The molecule has 0 bridgehead atoms. The van der Waals surface area contributed by atoms with Crippen LogP contribution in [0.25, 0.3) is 17.0 Å². The van der Waals surface area contributed by atoms with Crippen molar-refractivity contribution in [1.82, 2.24) is 19.4 Å². The number of fused-ring (bicyclic) bond motifs is 1. The van der Waals surface area contributed by atoms with Crippen LogP contribution >= 0.6 is 15.9 Å². The number of imidazole rings is 1. The monoisotopic (exact) mass is 317 g/mol. The van der Waals surface area contributed by atoms with Crippen LogP contribution in [-0.4, -0.2) is 19.4 Å². The third-order valence-corrected chi connectivity index (χ3v) is 3.36. The molecule has 0 spiro atoms. The van der Waals surface area contributed by atoms with Crippen molar-refractivity contribution >= 4 is 27.4 Å². The lowest BCUT2D eigenvalue weighted by atomic mass is 10.3. The molecular formula is C13H12BrN5. The third kappa shape index (κ3) is 1.98. The fourth-order valence-corrected chi connectivity index (χ4v) is 2.61. The van der Waals surface area contributed by atoms with Gasteiger partial charge in [-0.25, -0.2) is 15.0 Å². The van der Waals surface area contributed by atoms with E-state index in [0.29, 0.717) is 17.3 Å². The average Bonchev–Trinajstić information content (AvgIpc) is 2.68. The number of aromatic nitrogens is 4. The molecule has 0 amide bonds. The van der Waals surface area contributed by atoms with E-state index in [2.05, 4.69) is 30.9 Å². The third-order valence-electron chi connectivity index (χ3n) is 2.93. The Morgan fingerprint density at radius 3 is 2.79 bits per heavy atom. The lowest BCUT2D eigenvalue weighted by Crippen LogP contribution is -1.96. The Hall–Kier alpha value is -1.95. The molecule has 5 nitrogen and oxygen atoms in total. The quantitative estimate of drug-likeness (QED) is 0.749. The van der Waals surface area contributed by atoms with E-state index in [1.807, 2.05) is 36.6 Å². The number of aryl methyl sites for hydroxylation is 2. The number of halogens is 1. The number of rotatable bonds is 1. The molecule has 0 aliphatic rings. The van der Waals surface area contributed by atoms with Gasteiger partial charge >= 0.3 is 0 Å². The summed E-state index contributed by atoms with van der Waals surface area (Å²) in [6, 6.07) is 3.83. The van der Waals surface area contributed by atoms with Crippen molar-refractivity contribution in [2.75, 3.05) is 5.73 Å². The predicted octanol–water partition coefficient (Wildman–Crippen LogP) is 2.75. The van der Waals surface area contributed by atoms with Gasteiger partial charge in [0.15, 0.2) is 0 Å². The van der Waals surface area contributed by atoms with E-state index in [9.17, 15) is 0 Å². The first-order valence-corrected chi connectivity index (χ1v) is 6.59. The van der Waals surface area contributed by atoms with Crippen molar-refractivity contribution in [1.29, 1.82) is 0 Å². The van der Waals surface area contributed by atoms with Gasteiger partial charge < -0.3 is 5.73 Å². The van der Waals surface area contributed by atoms with E-state index >= 15 is 0 Å². The molecule has 3 aromatic heterocycles. The molecule has 0 saturated heterocycles. The summed E-state index contributed by atoms with van der Waals surface area (Å²) in [6.07, 6.45) is 3.62. The van der Waals surface area contributed by atoms with Crippen LogP contribution in [0.3, 0.4) is 0 Å². The predicted molar refractivity (Wildman–Crippen MR) is 77.8 cm³/mol. The zero-order valence-corrected chi connectivity index (χ0v) is 12.1. The molecule has 96 valence electrons. The van der Waals surface area contributed by atoms with Gasteiger partial charge in [0.1, 0.15) is 23.0 Å². The Balaban J connectivity index is 2.31. The minimum absolute atomic E-state index is 0.581. The van der Waals surface area contributed by atoms with Crippen molar-refractivity contribution in [2.45, 2.75) is 13.8 Å². The lowest BCUT2D eigenvalue weighted by molar-refractivity contribution is 1.05. The van der Waals surface area contributed by atoms with E-state index < -0.39 is 0 Å². The Kier molecular flexibility index (Phi) is 2.74. The van der Waals surface area contributed by atoms with Gasteiger partial charge in [-0.05, 0) is 47.5 Å². The molecule has 0 saturated carbocycles. The number of pyridine rings is 1. The lowest BCUT2D eigenvalue weighted by Gasteiger charge is -2.01. The minimum atomic E-state index is 0.581. The summed E-state index contributed by atoms with van der Waals surface area (Å²) in [6.45, 7) is 3.85. The zero-order chi connectivity index (χ0) is 13.6. The maximum atomic E-state index is 6.18. The van der Waals surface area contributed by atoms with Gasteiger partial charge in [0.05, 0.1) is 5.69 Å². The molecule has 0 radical (unpaired) electrons. The van der Waals surface area contributed by atoms with Crippen LogP contribution in [-0.2, 0) is 0 Å². The van der Waals surface area contributed by atoms with Crippen molar-refractivity contribution in [3.05, 3.63) is 40.4 Å². The molecule has 3 aromatic rings. The number of hydrogen-bond donors (Lipinski definition) is 1. The average molecular weight is 318 g/mol. The summed E-state index contributed by atoms with van der Waals surface area (Å²) < 4.78 is 2.83. The maximum absolute atomic E-state index is 6.18. The summed E-state index contributed by atoms with van der Waals surface area (Å²) in [4.78, 5) is 13.1. The SMILES string of the molecule is Cc1nccc(-c2nc3c(C)cc(Br)cn3c2N)n1. The van der Waals surface area contributed by atoms with Crippen LogP contribution in [0.5, 0.6) is 0 Å². The number of nitrogens with two attached hydrogens (primary N) is 1. The molecule has 0 aliphatic carbocycles. The van der Waals surface area contributed by atoms with Gasteiger partial charge in [-0.2, -0.15) is 0 Å². The Morgan fingerprint density at radius 1 is 1.26 bits per heavy atom. The Bertz CT molecular complexity index is 778. The number of anilines is 1. The first-order valence-electron chi connectivity index (χ1n) is 5.80. The molecule has 0 fully saturated rings. The Labute approximate surface area is 118 Å². The molecule has 19 heavy (non-hydrogen) atoms. The van der Waals surface area contributed by atoms with Gasteiger partial charge in [-0.3, -0.25) is 4.40 Å². The molecule has 6 heteroatoms. The summed E-state index contributed by atoms with van der Waals surface area (Å²) in [5.41, 5.74) is 9.50. The largest absolute Gasteiger partial charge is 0.383 e. The molecule has 0 aliphatic heterocycles. The second-order valence-electron chi connectivity index (χ2n) is 4.37. The van der Waals surface area contributed by atoms with E-state index in [1.165, 1.54) is 0 Å². The highest BCUT2D eigenvalue weighted by atomic mass is 79.9. The van der Waals surface area contributed by atoms with Crippen LogP contribution in [0.4, 0.5) is 5.82 Å². The number of nitrogens with zero attached hydrogens (tertiary/aromatic N) is 4. The fraction of sp³-hybridized carbons (Fsp3) is 0.154. The van der Waals surface area contributed by atoms with Crippen LogP contribution in [0.1, 0.15) is 11.4 Å². The molecule has 0 atom stereocenters. The second kappa shape index (κ2) is 4.31. The van der Waals surface area contributed by atoms with E-state index in [4.69, 9.17) is 5.73 Å². The summed E-state index contributed by atoms with van der Waals surface area (Å²) >= 11 is 3.46. The number of nitrogen functional groups attached to an aromatic ring is 1. The van der Waals surface area contributed by atoms with Crippen LogP contribution in [0.15, 0.2) is 29.0 Å². The molecule has 2 N–H and O–H groups in total. The molecule has 3 rings (SSSR count). The zero-order valence-electron chi connectivity index (χ0n) is 10.6. The van der Waals surface area contributed by atoms with Crippen LogP contribution < -0.4 is 5.73 Å². The van der Waals surface area contributed by atoms with Crippen LogP contribution in [0.2, 0.25) is 0 Å². The second-order valence-corrected chi connectivity index (χ2v) is 5.29. The topological polar surface area (TPSA) is 69.1 Å². The van der Waals surface area contributed by atoms with E-state index in [0.717, 1.165) is 21.4 Å². The molecule has 3 heterocycles. The van der Waals surface area contributed by atoms with Crippen molar-refractivity contribution in [3.8, 4) is 11.4 Å². The molecule has 0 unspecified atom stereocenters. The van der Waals surface area contributed by atoms with Gasteiger partial charge in [0, 0.05) is 16.9 Å². The fourth-order valence-electron chi connectivity index (χ4n) is 2.06. The highest BCUT2D eigenvalue weighted by Gasteiger charge is 2.14. The van der Waals surface area contributed by atoms with Crippen molar-refractivity contribution in [3.63, 3.8) is 0 Å². The number of hydrogen-bond acceptors (Lipinski definition) is 4. The summed E-state index contributed by atoms with van der Waals surface area (Å²) in [5, 5.41) is 0. The summed E-state index contributed by atoms with van der Waals surface area (Å²) in [5.74, 6) is 1.28. The highest BCUT2D eigenvalue weighted by Crippen LogP contribution is 2.27. The first-order chi connectivity index (χ1) is 9.06. The standard InChI is InChI=1S/C13H12BrN5/c1-7-5-9(14)6-19-12(15)11(18-13(7)19)10-3-4-16-8(2)17-10/h3-6H,15H2,1-2H3. The summed E-state index contributed by atoms with van der Waals surface area (Å²) in [7, 11) is 0. The van der Waals surface area contributed by atoms with Crippen molar-refractivity contribution < 1.29 is 0 Å². The minimum Gasteiger partial charge on any atom is -0.383 e. The maximum Gasteiger partial charge on any atom is 0.142 e. The normalized spacial score (nSPS) is 11.1. The van der Waals surface area contributed by atoms with Gasteiger partial charge in [0.2, 0.25) is 0 Å². The highest BCUT2D eigenvalue weighted by molar-refractivity contribution is 9.10. The smallest absolute Gasteiger partial charge is 0.142 e. The van der Waals surface area contributed by atoms with Crippen molar-refractivity contribution in [2.24, 2.45) is 0 Å². The van der Waals surface area contributed by atoms with Gasteiger partial charge in [-0.1, -0.05) is 0 Å². The first kappa shape index (κ1) is 12.1. The van der Waals surface area contributed by atoms with E-state index in [1.54, 1.807) is 6.20 Å². The van der Waals surface area contributed by atoms with Gasteiger partial charge in [-0.15, -0.1) is 0 Å². The van der Waals surface area contributed by atoms with Crippen LogP contribution in [0, 0.1) is 13.8 Å². The van der Waals surface area contributed by atoms with Gasteiger partial charge in [0.25, 0.3) is 0 Å². The molecular weight excluding hydrogens is 306 g/mol. The Morgan fingerprint density at radius 2 is 2.05 bits per heavy atom. The van der Waals surface area contributed by atoms with E-state index in [-0.39, 0.29) is 0 Å².